The fourth-order valence-electron chi connectivity index (χ4n) is 3.78. The molecule has 0 unspecified atom stereocenters. The van der Waals surface area contributed by atoms with E-state index >= 15 is 0 Å². The molecule has 124 valence electrons. The summed E-state index contributed by atoms with van der Waals surface area (Å²) in [6, 6.07) is 10.5. The van der Waals surface area contributed by atoms with Gasteiger partial charge in [0.1, 0.15) is 0 Å². The minimum Gasteiger partial charge on any atom is -0.314 e. The van der Waals surface area contributed by atoms with Crippen molar-refractivity contribution in [2.75, 3.05) is 11.4 Å². The predicted octanol–water partition coefficient (Wildman–Crippen LogP) is 3.97. The molecule has 0 amide bonds. The second kappa shape index (κ2) is 5.95. The standard InChI is InChI=1S/C20H24N4/c1-3-20(4-2)13-17-18(14-22-20)24(16-9-6-5-7-10-16)15-19-21-11-8-12-23(17)19/h5-12,15,22H,3-4,13-14H2,1-2H3. The van der Waals surface area contributed by atoms with E-state index in [4.69, 9.17) is 0 Å². The van der Waals surface area contributed by atoms with Gasteiger partial charge in [-0.2, -0.15) is 0 Å². The fraction of sp³-hybridized carbons (Fsp3) is 0.350. The molecule has 0 atom stereocenters. The molecule has 0 saturated heterocycles. The third-order valence-electron chi connectivity index (χ3n) is 5.46. The lowest BCUT2D eigenvalue weighted by Crippen LogP contribution is -2.53. The van der Waals surface area contributed by atoms with Crippen LogP contribution in [-0.2, 0) is 0 Å². The molecule has 0 bridgehead atoms. The Morgan fingerprint density at radius 3 is 2.62 bits per heavy atom. The number of aliphatic imine (C=N–C) groups is 1. The Morgan fingerprint density at radius 2 is 1.88 bits per heavy atom. The maximum atomic E-state index is 4.60. The van der Waals surface area contributed by atoms with E-state index in [1.54, 1.807) is 0 Å². The molecule has 3 heterocycles. The normalized spacial score (nSPS) is 21.5. The first-order valence-electron chi connectivity index (χ1n) is 8.79. The molecule has 1 aromatic rings. The molecule has 3 aliphatic heterocycles. The summed E-state index contributed by atoms with van der Waals surface area (Å²) in [5.74, 6) is 0.989. The van der Waals surface area contributed by atoms with Crippen LogP contribution >= 0.6 is 0 Å². The molecule has 4 rings (SSSR count). The number of fused-ring (bicyclic) bond motifs is 2. The van der Waals surface area contributed by atoms with Crippen molar-refractivity contribution >= 4 is 11.9 Å². The minimum atomic E-state index is 0.179. The van der Waals surface area contributed by atoms with Crippen molar-refractivity contribution in [2.24, 2.45) is 4.99 Å². The summed E-state index contributed by atoms with van der Waals surface area (Å²) in [6.45, 7) is 5.44. The first-order chi connectivity index (χ1) is 11.8. The van der Waals surface area contributed by atoms with Gasteiger partial charge in [-0.1, -0.05) is 32.0 Å². The summed E-state index contributed by atoms with van der Waals surface area (Å²) in [6.07, 6.45) is 11.4. The third kappa shape index (κ3) is 2.38. The molecule has 1 aromatic carbocycles. The van der Waals surface area contributed by atoms with Crippen LogP contribution in [0.25, 0.3) is 0 Å². The van der Waals surface area contributed by atoms with Gasteiger partial charge in [-0.05, 0) is 31.1 Å². The van der Waals surface area contributed by atoms with Crippen LogP contribution in [-0.4, -0.2) is 23.2 Å². The molecule has 4 heteroatoms. The highest BCUT2D eigenvalue weighted by atomic mass is 15.3. The van der Waals surface area contributed by atoms with Crippen LogP contribution < -0.4 is 10.2 Å². The zero-order chi connectivity index (χ0) is 16.6. The summed E-state index contributed by atoms with van der Waals surface area (Å²) in [5, 5.41) is 3.81. The molecule has 3 aliphatic rings. The first kappa shape index (κ1) is 15.2. The number of allylic oxidation sites excluding steroid dienone is 1. The highest BCUT2D eigenvalue weighted by molar-refractivity contribution is 5.74. The number of nitrogens with one attached hydrogen (secondary N) is 1. The van der Waals surface area contributed by atoms with E-state index in [9.17, 15) is 0 Å². The predicted molar refractivity (Wildman–Crippen MR) is 99.4 cm³/mol. The maximum Gasteiger partial charge on any atom is 0.153 e. The van der Waals surface area contributed by atoms with Crippen LogP contribution in [0.3, 0.4) is 0 Å². The van der Waals surface area contributed by atoms with Gasteiger partial charge in [-0.25, -0.2) is 4.99 Å². The lowest BCUT2D eigenvalue weighted by Gasteiger charge is -2.46. The van der Waals surface area contributed by atoms with Gasteiger partial charge >= 0.3 is 0 Å². The second-order valence-corrected chi connectivity index (χ2v) is 6.59. The van der Waals surface area contributed by atoms with E-state index in [0.29, 0.717) is 0 Å². The average Bonchev–Trinajstić information content (AvgIpc) is 2.67. The number of benzene rings is 1. The highest BCUT2D eigenvalue weighted by Crippen LogP contribution is 2.40. The Morgan fingerprint density at radius 1 is 1.08 bits per heavy atom. The fourth-order valence-corrected chi connectivity index (χ4v) is 3.78. The molecule has 0 fully saturated rings. The largest absolute Gasteiger partial charge is 0.314 e. The van der Waals surface area contributed by atoms with Gasteiger partial charge in [0, 0.05) is 42.3 Å². The van der Waals surface area contributed by atoms with E-state index < -0.39 is 0 Å². The molecule has 24 heavy (non-hydrogen) atoms. The van der Waals surface area contributed by atoms with Crippen LogP contribution in [0.2, 0.25) is 0 Å². The summed E-state index contributed by atoms with van der Waals surface area (Å²) >= 11 is 0. The Labute approximate surface area is 143 Å². The van der Waals surface area contributed by atoms with Gasteiger partial charge in [-0.3, -0.25) is 0 Å². The number of para-hydroxylation sites is 1. The van der Waals surface area contributed by atoms with Crippen LogP contribution in [0.1, 0.15) is 33.1 Å². The monoisotopic (exact) mass is 320 g/mol. The highest BCUT2D eigenvalue weighted by Gasteiger charge is 2.38. The van der Waals surface area contributed by atoms with Crippen molar-refractivity contribution < 1.29 is 0 Å². The molecule has 0 spiro atoms. The molecule has 1 N–H and O–H groups in total. The van der Waals surface area contributed by atoms with E-state index in [-0.39, 0.29) is 5.54 Å². The number of nitrogens with zero attached hydrogens (tertiary/aromatic N) is 3. The van der Waals surface area contributed by atoms with Crippen LogP contribution in [0.5, 0.6) is 0 Å². The van der Waals surface area contributed by atoms with Crippen molar-refractivity contribution in [2.45, 2.75) is 38.6 Å². The van der Waals surface area contributed by atoms with Gasteiger partial charge in [0.25, 0.3) is 0 Å². The molecular formula is C20H24N4. The summed E-state index contributed by atoms with van der Waals surface area (Å²) in [5.41, 5.74) is 4.05. The Balaban J connectivity index is 1.80. The van der Waals surface area contributed by atoms with E-state index in [1.165, 1.54) is 17.1 Å². The van der Waals surface area contributed by atoms with Crippen molar-refractivity contribution in [1.29, 1.82) is 0 Å². The lowest BCUT2D eigenvalue weighted by molar-refractivity contribution is 0.265. The number of hydrogen-bond acceptors (Lipinski definition) is 4. The number of hydrogen-bond donors (Lipinski definition) is 1. The van der Waals surface area contributed by atoms with Crippen LogP contribution in [0.15, 0.2) is 71.0 Å². The number of anilines is 1. The Hall–Kier alpha value is -2.33. The van der Waals surface area contributed by atoms with E-state index in [0.717, 1.165) is 31.6 Å². The number of rotatable bonds is 3. The quantitative estimate of drug-likeness (QED) is 0.914. The SMILES string of the molecule is CCC1(CC)CC2=C(CN1)N(c1ccccc1)C=C1N=CC=CN12. The molecule has 0 radical (unpaired) electrons. The summed E-state index contributed by atoms with van der Waals surface area (Å²) in [4.78, 5) is 9.15. The Kier molecular flexibility index (Phi) is 3.77. The maximum absolute atomic E-state index is 4.60. The van der Waals surface area contributed by atoms with E-state index in [2.05, 4.69) is 76.7 Å². The molecule has 0 aromatic heterocycles. The van der Waals surface area contributed by atoms with Gasteiger partial charge in [0.05, 0.1) is 11.9 Å². The van der Waals surface area contributed by atoms with Crippen molar-refractivity contribution in [3.8, 4) is 0 Å². The molecule has 0 aliphatic carbocycles. The van der Waals surface area contributed by atoms with Crippen molar-refractivity contribution in [1.82, 2.24) is 10.2 Å². The van der Waals surface area contributed by atoms with Gasteiger partial charge in [0.15, 0.2) is 5.82 Å². The molecule has 4 nitrogen and oxygen atoms in total. The second-order valence-electron chi connectivity index (χ2n) is 6.59. The summed E-state index contributed by atoms with van der Waals surface area (Å²) < 4.78 is 0. The summed E-state index contributed by atoms with van der Waals surface area (Å²) in [7, 11) is 0. The van der Waals surface area contributed by atoms with Crippen LogP contribution in [0.4, 0.5) is 5.69 Å². The molecular weight excluding hydrogens is 296 g/mol. The zero-order valence-corrected chi connectivity index (χ0v) is 14.4. The minimum absolute atomic E-state index is 0.179. The smallest absolute Gasteiger partial charge is 0.153 e. The zero-order valence-electron chi connectivity index (χ0n) is 14.4. The van der Waals surface area contributed by atoms with Gasteiger partial charge in [-0.15, -0.1) is 0 Å². The third-order valence-corrected chi connectivity index (χ3v) is 5.46. The van der Waals surface area contributed by atoms with Crippen molar-refractivity contribution in [3.63, 3.8) is 0 Å². The average molecular weight is 320 g/mol. The van der Waals surface area contributed by atoms with Crippen molar-refractivity contribution in [3.05, 3.63) is 66.0 Å². The topological polar surface area (TPSA) is 30.9 Å². The lowest BCUT2D eigenvalue weighted by atomic mass is 9.83. The Bertz CT molecular complexity index is 738. The van der Waals surface area contributed by atoms with Gasteiger partial charge < -0.3 is 15.1 Å². The van der Waals surface area contributed by atoms with Gasteiger partial charge in [0.2, 0.25) is 0 Å². The van der Waals surface area contributed by atoms with Crippen LogP contribution in [0, 0.1) is 0 Å². The molecule has 0 saturated carbocycles. The van der Waals surface area contributed by atoms with E-state index in [1.807, 2.05) is 12.3 Å². The first-order valence-corrected chi connectivity index (χ1v) is 8.79.